The quantitative estimate of drug-likeness (QED) is 0.523. The summed E-state index contributed by atoms with van der Waals surface area (Å²) in [4.78, 5) is 0. The van der Waals surface area contributed by atoms with E-state index in [2.05, 4.69) is 79.8 Å². The molecule has 2 nitrogen and oxygen atoms in total. The average molecular weight is 352 g/mol. The molecule has 0 aromatic heterocycles. The normalized spacial score (nSPS) is 24.1. The van der Waals surface area contributed by atoms with Gasteiger partial charge in [-0.3, -0.25) is 0 Å². The Kier molecular flexibility index (Phi) is 4.21. The Morgan fingerprint density at radius 3 is 1.85 bits per heavy atom. The largest absolute Gasteiger partial charge is 0.399 e. The van der Waals surface area contributed by atoms with Gasteiger partial charge in [0.1, 0.15) is 0 Å². The van der Waals surface area contributed by atoms with Crippen LogP contribution in [0.5, 0.6) is 0 Å². The van der Waals surface area contributed by atoms with Gasteiger partial charge in [0, 0.05) is 5.69 Å². The lowest BCUT2D eigenvalue weighted by Crippen LogP contribution is -2.38. The van der Waals surface area contributed by atoms with E-state index in [1.165, 1.54) is 16.7 Å². The van der Waals surface area contributed by atoms with Gasteiger partial charge in [-0.2, -0.15) is 0 Å². The fourth-order valence-electron chi connectivity index (χ4n) is 3.89. The van der Waals surface area contributed by atoms with Gasteiger partial charge in [-0.05, 0) is 41.3 Å². The van der Waals surface area contributed by atoms with Gasteiger partial charge in [-0.15, -0.1) is 0 Å². The highest BCUT2D eigenvalue weighted by molar-refractivity contribution is 5.58. The van der Waals surface area contributed by atoms with Crippen LogP contribution in [-0.4, -0.2) is 0 Å². The summed E-state index contributed by atoms with van der Waals surface area (Å²) >= 11 is 0. The van der Waals surface area contributed by atoms with Crippen LogP contribution in [0.25, 0.3) is 0 Å². The summed E-state index contributed by atoms with van der Waals surface area (Å²) in [5, 5.41) is 0. The van der Waals surface area contributed by atoms with E-state index in [1.807, 2.05) is 30.3 Å². The van der Waals surface area contributed by atoms with Crippen LogP contribution in [0.2, 0.25) is 0 Å². The molecule has 0 atom stereocenters. The van der Waals surface area contributed by atoms with Gasteiger partial charge in [0.15, 0.2) is 0 Å². The number of aryl methyl sites for hydroxylation is 1. The second kappa shape index (κ2) is 6.57. The Morgan fingerprint density at radius 1 is 0.630 bits per heavy atom. The minimum atomic E-state index is -0.610. The molecule has 0 heterocycles. The molecule has 0 unspecified atom stereocenters. The first-order valence-corrected chi connectivity index (χ1v) is 9.21. The number of hydrogen-bond donors (Lipinski definition) is 2. The molecule has 3 aromatic rings. The predicted molar refractivity (Wildman–Crippen MR) is 113 cm³/mol. The highest BCUT2D eigenvalue weighted by Gasteiger charge is 2.36. The molecule has 134 valence electrons. The summed E-state index contributed by atoms with van der Waals surface area (Å²) < 4.78 is 0. The SMILES string of the molecule is Cc1ccccc1C1(c2ccc(N)cc2)C=CC(N)(c2ccccc2)C=C1. The van der Waals surface area contributed by atoms with Crippen molar-refractivity contribution in [3.63, 3.8) is 0 Å². The van der Waals surface area contributed by atoms with Crippen molar-refractivity contribution in [1.29, 1.82) is 0 Å². The molecule has 27 heavy (non-hydrogen) atoms. The van der Waals surface area contributed by atoms with Gasteiger partial charge >= 0.3 is 0 Å². The average Bonchev–Trinajstić information content (AvgIpc) is 2.71. The molecule has 4 rings (SSSR count). The van der Waals surface area contributed by atoms with E-state index < -0.39 is 5.54 Å². The van der Waals surface area contributed by atoms with Crippen LogP contribution in [0.4, 0.5) is 5.69 Å². The summed E-state index contributed by atoms with van der Waals surface area (Å²) in [6, 6.07) is 26.8. The van der Waals surface area contributed by atoms with Crippen LogP contribution in [0, 0.1) is 6.92 Å². The molecule has 0 fully saturated rings. The van der Waals surface area contributed by atoms with Crippen LogP contribution in [-0.2, 0) is 11.0 Å². The third-order valence-corrected chi connectivity index (χ3v) is 5.50. The maximum Gasteiger partial charge on any atom is 0.0783 e. The van der Waals surface area contributed by atoms with E-state index >= 15 is 0 Å². The van der Waals surface area contributed by atoms with E-state index in [4.69, 9.17) is 11.5 Å². The topological polar surface area (TPSA) is 52.0 Å². The van der Waals surface area contributed by atoms with Gasteiger partial charge in [0.2, 0.25) is 0 Å². The Hall–Kier alpha value is -3.10. The third kappa shape index (κ3) is 2.98. The number of nitrogens with two attached hydrogens (primary N) is 2. The number of benzene rings is 3. The fourth-order valence-corrected chi connectivity index (χ4v) is 3.89. The van der Waals surface area contributed by atoms with E-state index in [1.54, 1.807) is 0 Å². The first-order chi connectivity index (χ1) is 13.0. The molecule has 0 saturated heterocycles. The van der Waals surface area contributed by atoms with Crippen molar-refractivity contribution in [3.8, 4) is 0 Å². The van der Waals surface area contributed by atoms with Gasteiger partial charge in [0.25, 0.3) is 0 Å². The first-order valence-electron chi connectivity index (χ1n) is 9.21. The van der Waals surface area contributed by atoms with Crippen molar-refractivity contribution in [1.82, 2.24) is 0 Å². The lowest BCUT2D eigenvalue weighted by Gasteiger charge is -2.37. The lowest BCUT2D eigenvalue weighted by molar-refractivity contribution is 0.657. The Morgan fingerprint density at radius 2 is 1.22 bits per heavy atom. The lowest BCUT2D eigenvalue weighted by atomic mass is 9.68. The number of nitrogen functional groups attached to an aromatic ring is 1. The minimum Gasteiger partial charge on any atom is -0.399 e. The van der Waals surface area contributed by atoms with Gasteiger partial charge in [-0.25, -0.2) is 0 Å². The fraction of sp³-hybridized carbons (Fsp3) is 0.120. The van der Waals surface area contributed by atoms with E-state index in [0.717, 1.165) is 11.3 Å². The standard InChI is InChI=1S/C25H24N2/c1-19-7-5-6-10-23(19)24(20-11-13-22(26)14-12-20)15-17-25(27,18-16-24)21-8-3-2-4-9-21/h2-18H,26-27H2,1H3. The van der Waals surface area contributed by atoms with E-state index in [0.29, 0.717) is 0 Å². The molecule has 2 heteroatoms. The third-order valence-electron chi connectivity index (χ3n) is 5.50. The molecular formula is C25H24N2. The number of hydrogen-bond acceptors (Lipinski definition) is 2. The molecule has 1 aliphatic carbocycles. The summed E-state index contributed by atoms with van der Waals surface area (Å²) in [5.41, 5.74) is 17.2. The zero-order chi connectivity index (χ0) is 18.9. The second-order valence-corrected chi connectivity index (χ2v) is 7.27. The summed E-state index contributed by atoms with van der Waals surface area (Å²) in [6.45, 7) is 2.15. The van der Waals surface area contributed by atoms with Crippen LogP contribution in [0.1, 0.15) is 22.3 Å². The molecule has 0 amide bonds. The summed E-state index contributed by atoms with van der Waals surface area (Å²) in [6.07, 6.45) is 8.69. The monoisotopic (exact) mass is 352 g/mol. The maximum atomic E-state index is 6.73. The van der Waals surface area contributed by atoms with Crippen molar-refractivity contribution in [2.24, 2.45) is 5.73 Å². The molecular weight excluding hydrogens is 328 g/mol. The predicted octanol–water partition coefficient (Wildman–Crippen LogP) is 4.84. The van der Waals surface area contributed by atoms with Crippen molar-refractivity contribution in [2.45, 2.75) is 17.9 Å². The molecule has 0 aliphatic heterocycles. The molecule has 3 aromatic carbocycles. The molecule has 0 saturated carbocycles. The van der Waals surface area contributed by atoms with Crippen molar-refractivity contribution in [3.05, 3.63) is 125 Å². The van der Waals surface area contributed by atoms with Crippen LogP contribution in [0.3, 0.4) is 0 Å². The van der Waals surface area contributed by atoms with Gasteiger partial charge in [0.05, 0.1) is 11.0 Å². The molecule has 0 bridgehead atoms. The highest BCUT2D eigenvalue weighted by atomic mass is 14.7. The van der Waals surface area contributed by atoms with Crippen LogP contribution < -0.4 is 11.5 Å². The van der Waals surface area contributed by atoms with Crippen molar-refractivity contribution >= 4 is 5.69 Å². The molecule has 0 radical (unpaired) electrons. The molecule has 1 aliphatic rings. The Bertz CT molecular complexity index is 984. The zero-order valence-corrected chi connectivity index (χ0v) is 15.5. The molecule has 4 N–H and O–H groups in total. The Balaban J connectivity index is 1.87. The van der Waals surface area contributed by atoms with Gasteiger partial charge in [-0.1, -0.05) is 91.0 Å². The van der Waals surface area contributed by atoms with E-state index in [-0.39, 0.29) is 5.41 Å². The first kappa shape index (κ1) is 17.3. The minimum absolute atomic E-state index is 0.364. The van der Waals surface area contributed by atoms with Gasteiger partial charge < -0.3 is 11.5 Å². The van der Waals surface area contributed by atoms with Crippen LogP contribution >= 0.6 is 0 Å². The summed E-state index contributed by atoms with van der Waals surface area (Å²) in [7, 11) is 0. The Labute approximate surface area is 160 Å². The van der Waals surface area contributed by atoms with Crippen molar-refractivity contribution < 1.29 is 0 Å². The smallest absolute Gasteiger partial charge is 0.0783 e. The number of rotatable bonds is 3. The zero-order valence-electron chi connectivity index (χ0n) is 15.5. The summed E-state index contributed by atoms with van der Waals surface area (Å²) in [5.74, 6) is 0. The van der Waals surface area contributed by atoms with Crippen molar-refractivity contribution in [2.75, 3.05) is 5.73 Å². The van der Waals surface area contributed by atoms with Crippen LogP contribution in [0.15, 0.2) is 103 Å². The van der Waals surface area contributed by atoms with E-state index in [9.17, 15) is 0 Å². The number of anilines is 1. The maximum absolute atomic E-state index is 6.73. The molecule has 0 spiro atoms. The highest BCUT2D eigenvalue weighted by Crippen LogP contribution is 2.42. The second-order valence-electron chi connectivity index (χ2n) is 7.27. The number of allylic oxidation sites excluding steroid dienone is 2.